The highest BCUT2D eigenvalue weighted by molar-refractivity contribution is 8.00. The average molecular weight is 440 g/mol. The van der Waals surface area contributed by atoms with Crippen molar-refractivity contribution in [3.05, 3.63) is 58.9 Å². The molecule has 1 aromatic heterocycles. The standard InChI is InChI=1S/C23H25N3O4S/c1-15(21(27)24-19-11-5-6-12-20(19)29-2)31-23-25-18-10-4-3-9-17(18)22(28)26(23)14-16-8-7-13-30-16/h3-6,9-12,15-16H,7-8,13-14H2,1-2H3,(H,24,27)/t15-,16-/m0/s1. The van der Waals surface area contributed by atoms with Gasteiger partial charge in [0.05, 0.1) is 41.6 Å². The number of ether oxygens (including phenoxy) is 2. The second-order valence-electron chi connectivity index (χ2n) is 7.41. The highest BCUT2D eigenvalue weighted by Gasteiger charge is 2.23. The van der Waals surface area contributed by atoms with E-state index in [0.717, 1.165) is 12.8 Å². The first-order valence-electron chi connectivity index (χ1n) is 10.3. The third-order valence-corrected chi connectivity index (χ3v) is 6.34. The molecule has 1 N–H and O–H groups in total. The van der Waals surface area contributed by atoms with E-state index in [2.05, 4.69) is 5.32 Å². The monoisotopic (exact) mass is 439 g/mol. The lowest BCUT2D eigenvalue weighted by atomic mass is 10.2. The van der Waals surface area contributed by atoms with Crippen LogP contribution < -0.4 is 15.6 Å². The summed E-state index contributed by atoms with van der Waals surface area (Å²) in [5.41, 5.74) is 1.11. The zero-order chi connectivity index (χ0) is 21.8. The number of hydrogen-bond acceptors (Lipinski definition) is 6. The van der Waals surface area contributed by atoms with Crippen LogP contribution in [0, 0.1) is 0 Å². The van der Waals surface area contributed by atoms with Crippen LogP contribution in [0.2, 0.25) is 0 Å². The molecule has 3 aromatic rings. The maximum absolute atomic E-state index is 13.2. The van der Waals surface area contributed by atoms with Gasteiger partial charge < -0.3 is 14.8 Å². The van der Waals surface area contributed by atoms with Crippen LogP contribution in [0.15, 0.2) is 58.5 Å². The molecule has 8 heteroatoms. The first kappa shape index (κ1) is 21.4. The van der Waals surface area contributed by atoms with Crippen molar-refractivity contribution in [2.45, 2.75) is 42.8 Å². The molecule has 0 saturated carbocycles. The maximum atomic E-state index is 13.2. The Morgan fingerprint density at radius 2 is 2.06 bits per heavy atom. The number of carbonyl (C=O) groups excluding carboxylic acids is 1. The average Bonchev–Trinajstić information content (AvgIpc) is 3.30. The highest BCUT2D eigenvalue weighted by Crippen LogP contribution is 2.27. The number of amides is 1. The van der Waals surface area contributed by atoms with Gasteiger partial charge in [-0.05, 0) is 44.0 Å². The lowest BCUT2D eigenvalue weighted by molar-refractivity contribution is -0.115. The zero-order valence-corrected chi connectivity index (χ0v) is 18.4. The number of methoxy groups -OCH3 is 1. The van der Waals surface area contributed by atoms with Gasteiger partial charge >= 0.3 is 0 Å². The normalized spacial score (nSPS) is 16.9. The van der Waals surface area contributed by atoms with Crippen LogP contribution in [0.5, 0.6) is 5.75 Å². The number of thioether (sulfide) groups is 1. The number of rotatable bonds is 7. The topological polar surface area (TPSA) is 82.5 Å². The summed E-state index contributed by atoms with van der Waals surface area (Å²) in [6.45, 7) is 2.94. The Morgan fingerprint density at radius 3 is 2.84 bits per heavy atom. The molecule has 2 aromatic carbocycles. The van der Waals surface area contributed by atoms with Crippen LogP contribution in [0.1, 0.15) is 19.8 Å². The molecule has 1 aliphatic rings. The van der Waals surface area contributed by atoms with Gasteiger partial charge in [-0.2, -0.15) is 0 Å². The number of hydrogen-bond donors (Lipinski definition) is 1. The second kappa shape index (κ2) is 9.53. The summed E-state index contributed by atoms with van der Waals surface area (Å²) in [6, 6.07) is 14.5. The third kappa shape index (κ3) is 4.75. The summed E-state index contributed by atoms with van der Waals surface area (Å²) in [5, 5.41) is 3.50. The zero-order valence-electron chi connectivity index (χ0n) is 17.5. The van der Waals surface area contributed by atoms with Crippen LogP contribution in [0.25, 0.3) is 10.9 Å². The first-order valence-corrected chi connectivity index (χ1v) is 11.2. The summed E-state index contributed by atoms with van der Waals surface area (Å²) < 4.78 is 12.7. The van der Waals surface area contributed by atoms with Gasteiger partial charge in [-0.3, -0.25) is 14.2 Å². The van der Waals surface area contributed by atoms with Gasteiger partial charge in [0.25, 0.3) is 5.56 Å². The molecule has 2 heterocycles. The van der Waals surface area contributed by atoms with E-state index in [0.29, 0.717) is 40.6 Å². The van der Waals surface area contributed by atoms with Gasteiger partial charge in [-0.25, -0.2) is 4.98 Å². The Bertz CT molecular complexity index is 1140. The van der Waals surface area contributed by atoms with E-state index in [4.69, 9.17) is 14.5 Å². The Balaban J connectivity index is 1.61. The molecule has 1 amide bonds. The smallest absolute Gasteiger partial charge is 0.262 e. The minimum absolute atomic E-state index is 0.0160. The van der Waals surface area contributed by atoms with E-state index in [1.165, 1.54) is 11.8 Å². The molecule has 0 radical (unpaired) electrons. The van der Waals surface area contributed by atoms with Gasteiger partial charge in [0.15, 0.2) is 5.16 Å². The van der Waals surface area contributed by atoms with Crippen LogP contribution in [-0.2, 0) is 16.1 Å². The number of benzene rings is 2. The number of carbonyl (C=O) groups is 1. The molecule has 0 spiro atoms. The molecule has 2 atom stereocenters. The van der Waals surface area contributed by atoms with E-state index >= 15 is 0 Å². The molecule has 1 fully saturated rings. The van der Waals surface area contributed by atoms with E-state index in [1.807, 2.05) is 30.3 Å². The van der Waals surface area contributed by atoms with Gasteiger partial charge in [0.2, 0.25) is 5.91 Å². The predicted octanol–water partition coefficient (Wildman–Crippen LogP) is 3.70. The van der Waals surface area contributed by atoms with Crippen molar-refractivity contribution >= 4 is 34.3 Å². The van der Waals surface area contributed by atoms with Gasteiger partial charge in [-0.15, -0.1) is 0 Å². The Morgan fingerprint density at radius 1 is 1.29 bits per heavy atom. The summed E-state index contributed by atoms with van der Waals surface area (Å²) in [5.74, 6) is 0.396. The van der Waals surface area contributed by atoms with E-state index < -0.39 is 5.25 Å². The number of para-hydroxylation sites is 3. The molecule has 1 aliphatic heterocycles. The van der Waals surface area contributed by atoms with E-state index in [1.54, 1.807) is 36.8 Å². The molecular formula is C23H25N3O4S. The van der Waals surface area contributed by atoms with Gasteiger partial charge in [-0.1, -0.05) is 36.0 Å². The fourth-order valence-corrected chi connectivity index (χ4v) is 4.50. The van der Waals surface area contributed by atoms with Crippen molar-refractivity contribution < 1.29 is 14.3 Å². The predicted molar refractivity (Wildman–Crippen MR) is 122 cm³/mol. The number of nitrogens with zero attached hydrogens (tertiary/aromatic N) is 2. The minimum Gasteiger partial charge on any atom is -0.495 e. The molecule has 1 saturated heterocycles. The molecular weight excluding hydrogens is 414 g/mol. The van der Waals surface area contributed by atoms with Crippen LogP contribution in [0.4, 0.5) is 5.69 Å². The van der Waals surface area contributed by atoms with Crippen molar-refractivity contribution in [2.24, 2.45) is 0 Å². The second-order valence-corrected chi connectivity index (χ2v) is 8.72. The molecule has 162 valence electrons. The fraction of sp³-hybridized carbons (Fsp3) is 0.348. The summed E-state index contributed by atoms with van der Waals surface area (Å²) in [6.07, 6.45) is 1.88. The van der Waals surface area contributed by atoms with E-state index in [9.17, 15) is 9.59 Å². The van der Waals surface area contributed by atoms with Crippen LogP contribution in [0.3, 0.4) is 0 Å². The van der Waals surface area contributed by atoms with Gasteiger partial charge in [0, 0.05) is 6.61 Å². The van der Waals surface area contributed by atoms with Crippen molar-refractivity contribution in [1.29, 1.82) is 0 Å². The molecule has 0 bridgehead atoms. The third-order valence-electron chi connectivity index (χ3n) is 5.25. The SMILES string of the molecule is COc1ccccc1NC(=O)[C@H](C)Sc1nc2ccccc2c(=O)n1C[C@@H]1CCCO1. The summed E-state index contributed by atoms with van der Waals surface area (Å²) in [7, 11) is 1.56. The highest BCUT2D eigenvalue weighted by atomic mass is 32.2. The number of anilines is 1. The van der Waals surface area contributed by atoms with Crippen LogP contribution >= 0.6 is 11.8 Å². The largest absolute Gasteiger partial charge is 0.495 e. The molecule has 31 heavy (non-hydrogen) atoms. The Labute approximate surface area is 184 Å². The van der Waals surface area contributed by atoms with Crippen molar-refractivity contribution in [1.82, 2.24) is 9.55 Å². The lowest BCUT2D eigenvalue weighted by Gasteiger charge is -2.19. The minimum atomic E-state index is -0.478. The molecule has 7 nitrogen and oxygen atoms in total. The maximum Gasteiger partial charge on any atom is 0.262 e. The van der Waals surface area contributed by atoms with Crippen LogP contribution in [-0.4, -0.2) is 40.5 Å². The Hall–Kier alpha value is -2.84. The van der Waals surface area contributed by atoms with Crippen molar-refractivity contribution in [3.8, 4) is 5.75 Å². The van der Waals surface area contributed by atoms with Gasteiger partial charge in [0.1, 0.15) is 5.75 Å². The quantitative estimate of drug-likeness (QED) is 0.447. The Kier molecular flexibility index (Phi) is 6.58. The lowest BCUT2D eigenvalue weighted by Crippen LogP contribution is -2.30. The fourth-order valence-electron chi connectivity index (χ4n) is 3.58. The number of aromatic nitrogens is 2. The number of nitrogens with one attached hydrogen (secondary N) is 1. The van der Waals surface area contributed by atoms with E-state index in [-0.39, 0.29) is 17.6 Å². The van der Waals surface area contributed by atoms with Crippen molar-refractivity contribution in [3.63, 3.8) is 0 Å². The number of fused-ring (bicyclic) bond motifs is 1. The van der Waals surface area contributed by atoms with Crippen molar-refractivity contribution in [2.75, 3.05) is 19.0 Å². The molecule has 0 aliphatic carbocycles. The first-order chi connectivity index (χ1) is 15.1. The molecule has 4 rings (SSSR count). The summed E-state index contributed by atoms with van der Waals surface area (Å²) in [4.78, 5) is 30.8. The summed E-state index contributed by atoms with van der Waals surface area (Å²) >= 11 is 1.27. The molecule has 0 unspecified atom stereocenters.